The maximum Gasteiger partial charge on any atom is 0.276 e. The number of carbonyl (C=O) groups excluding carboxylic acids is 3. The van der Waals surface area contributed by atoms with E-state index in [1.807, 2.05) is 20.8 Å². The third-order valence-electron chi connectivity index (χ3n) is 6.12. The van der Waals surface area contributed by atoms with E-state index in [4.69, 9.17) is 0 Å². The van der Waals surface area contributed by atoms with E-state index < -0.39 is 5.91 Å². The zero-order chi connectivity index (χ0) is 26.3. The Hall–Kier alpha value is -4.17. The first-order valence-electron chi connectivity index (χ1n) is 11.6. The van der Waals surface area contributed by atoms with E-state index in [1.54, 1.807) is 28.1 Å². The van der Waals surface area contributed by atoms with Gasteiger partial charge in [0, 0.05) is 21.1 Å². The first-order valence-corrected chi connectivity index (χ1v) is 11.6. The molecule has 3 aromatic rings. The van der Waals surface area contributed by atoms with Crippen molar-refractivity contribution in [1.82, 2.24) is 59.7 Å². The molecule has 0 bridgehead atoms. The first-order chi connectivity index (χ1) is 17.0. The van der Waals surface area contributed by atoms with Gasteiger partial charge in [0.15, 0.2) is 0 Å². The largest absolute Gasteiger partial charge is 0.301 e. The van der Waals surface area contributed by atoms with Gasteiger partial charge in [-0.2, -0.15) is 0 Å². The van der Waals surface area contributed by atoms with Crippen molar-refractivity contribution in [2.45, 2.75) is 40.0 Å². The van der Waals surface area contributed by atoms with E-state index in [0.29, 0.717) is 34.9 Å². The van der Waals surface area contributed by atoms with Crippen LogP contribution in [0.5, 0.6) is 0 Å². The summed E-state index contributed by atoms with van der Waals surface area (Å²) in [4.78, 5) is 45.2. The fraction of sp³-hybridized carbons (Fsp3) is 0.571. The predicted molar refractivity (Wildman–Crippen MR) is 124 cm³/mol. The smallest absolute Gasteiger partial charge is 0.276 e. The molecule has 4 rings (SSSR count). The molecule has 0 atom stereocenters. The fourth-order valence-corrected chi connectivity index (χ4v) is 4.25. The molecular weight excluding hydrogens is 468 g/mol. The number of carbonyl (C=O) groups is 3. The van der Waals surface area contributed by atoms with Crippen LogP contribution in [0.2, 0.25) is 0 Å². The van der Waals surface area contributed by atoms with Gasteiger partial charge in [0.2, 0.25) is 0 Å². The summed E-state index contributed by atoms with van der Waals surface area (Å²) in [5.74, 6) is -1.23. The third kappa shape index (κ3) is 4.20. The maximum atomic E-state index is 13.7. The minimum atomic E-state index is -0.402. The molecule has 0 saturated carbocycles. The predicted octanol–water partition coefficient (Wildman–Crippen LogP) is -0.321. The highest BCUT2D eigenvalue weighted by Crippen LogP contribution is 2.22. The molecular formula is C21H30N12O3. The molecule has 192 valence electrons. The van der Waals surface area contributed by atoms with Gasteiger partial charge < -0.3 is 14.7 Å². The van der Waals surface area contributed by atoms with Gasteiger partial charge in [-0.25, -0.2) is 14.0 Å². The Morgan fingerprint density at radius 2 is 1.17 bits per heavy atom. The molecule has 1 aliphatic rings. The van der Waals surface area contributed by atoms with Crippen molar-refractivity contribution >= 4 is 17.7 Å². The molecule has 0 radical (unpaired) electrons. The van der Waals surface area contributed by atoms with Gasteiger partial charge in [-0.05, 0) is 19.3 Å². The molecule has 1 aliphatic heterocycles. The van der Waals surface area contributed by atoms with Gasteiger partial charge in [-0.1, -0.05) is 36.4 Å². The molecule has 36 heavy (non-hydrogen) atoms. The van der Waals surface area contributed by atoms with E-state index in [1.165, 1.54) is 28.7 Å². The van der Waals surface area contributed by atoms with Crippen LogP contribution in [0, 0.1) is 6.92 Å². The number of aryl methyl sites for hydroxylation is 5. The number of aromatic nitrogens is 9. The van der Waals surface area contributed by atoms with Crippen molar-refractivity contribution in [3.63, 3.8) is 0 Å². The van der Waals surface area contributed by atoms with Gasteiger partial charge in [0.1, 0.15) is 17.1 Å². The molecule has 0 aromatic carbocycles. The molecule has 0 unspecified atom stereocenters. The second-order valence-corrected chi connectivity index (χ2v) is 9.07. The van der Waals surface area contributed by atoms with Gasteiger partial charge in [0.25, 0.3) is 17.7 Å². The van der Waals surface area contributed by atoms with Crippen LogP contribution in [0.4, 0.5) is 0 Å². The number of hydrogen-bond donors (Lipinski definition) is 0. The minimum Gasteiger partial charge on any atom is -0.301 e. The fourth-order valence-electron chi connectivity index (χ4n) is 4.25. The molecule has 3 aromatic heterocycles. The van der Waals surface area contributed by atoms with Gasteiger partial charge in [-0.15, -0.1) is 15.3 Å². The zero-order valence-electron chi connectivity index (χ0n) is 21.5. The topological polar surface area (TPSA) is 153 Å². The Balaban J connectivity index is 1.73. The van der Waals surface area contributed by atoms with Crippen molar-refractivity contribution in [3.05, 3.63) is 34.2 Å². The van der Waals surface area contributed by atoms with E-state index >= 15 is 0 Å². The molecule has 0 N–H and O–H groups in total. The van der Waals surface area contributed by atoms with Crippen molar-refractivity contribution in [2.24, 2.45) is 21.1 Å². The summed E-state index contributed by atoms with van der Waals surface area (Å²) in [6, 6.07) is 0. The Bertz CT molecular complexity index is 1300. The number of rotatable bonds is 5. The molecule has 4 heterocycles. The summed E-state index contributed by atoms with van der Waals surface area (Å²) in [6.45, 7) is 7.27. The molecule has 1 fully saturated rings. The average Bonchev–Trinajstić information content (AvgIpc) is 3.53. The maximum absolute atomic E-state index is 13.7. The molecule has 0 aliphatic carbocycles. The summed E-state index contributed by atoms with van der Waals surface area (Å²) >= 11 is 0. The monoisotopic (exact) mass is 498 g/mol. The van der Waals surface area contributed by atoms with Gasteiger partial charge >= 0.3 is 0 Å². The number of nitrogens with zero attached hydrogens (tertiary/aromatic N) is 12. The van der Waals surface area contributed by atoms with Crippen LogP contribution in [-0.4, -0.2) is 97.4 Å². The average molecular weight is 499 g/mol. The van der Waals surface area contributed by atoms with E-state index in [9.17, 15) is 14.4 Å². The van der Waals surface area contributed by atoms with Crippen molar-refractivity contribution in [2.75, 3.05) is 20.0 Å². The summed E-state index contributed by atoms with van der Waals surface area (Å²) < 4.78 is 4.21. The van der Waals surface area contributed by atoms with Crippen molar-refractivity contribution in [3.8, 4) is 0 Å². The molecule has 3 amide bonds. The van der Waals surface area contributed by atoms with Crippen LogP contribution in [0.1, 0.15) is 75.2 Å². The third-order valence-corrected chi connectivity index (χ3v) is 6.12. The van der Waals surface area contributed by atoms with Crippen LogP contribution in [0.25, 0.3) is 0 Å². The second kappa shape index (κ2) is 9.47. The number of amides is 3. The lowest BCUT2D eigenvalue weighted by atomic mass is 10.1. The van der Waals surface area contributed by atoms with E-state index in [-0.39, 0.29) is 43.4 Å². The lowest BCUT2D eigenvalue weighted by molar-refractivity contribution is -0.00743. The van der Waals surface area contributed by atoms with Crippen LogP contribution in [0.15, 0.2) is 0 Å². The summed E-state index contributed by atoms with van der Waals surface area (Å²) in [6.07, 6.45) is 0.506. The summed E-state index contributed by atoms with van der Waals surface area (Å²) in [5.41, 5.74) is 2.42. The zero-order valence-corrected chi connectivity index (χ0v) is 21.5. The Morgan fingerprint density at radius 1 is 0.722 bits per heavy atom. The normalized spacial score (nSPS) is 14.2. The Morgan fingerprint density at radius 3 is 1.67 bits per heavy atom. The summed E-state index contributed by atoms with van der Waals surface area (Å²) in [5, 5.41) is 24.1. The van der Waals surface area contributed by atoms with Gasteiger partial charge in [0.05, 0.1) is 37.1 Å². The number of hydrogen-bond acceptors (Lipinski definition) is 9. The van der Waals surface area contributed by atoms with Gasteiger partial charge in [-0.3, -0.25) is 14.4 Å². The standard InChI is InChI=1S/C21H30N12O3/c1-8-14-17(29(6)26-23-14)20(35)32-9-31(19(34)16-13(4)22-25-28(16)5)10-33(11-32)21(36)18-15(12(2)3)24-27-30(18)7/h12H,8-11H2,1-7H3. The van der Waals surface area contributed by atoms with Crippen LogP contribution >= 0.6 is 0 Å². The van der Waals surface area contributed by atoms with E-state index in [0.717, 1.165) is 0 Å². The highest BCUT2D eigenvalue weighted by atomic mass is 16.2. The van der Waals surface area contributed by atoms with Crippen LogP contribution < -0.4 is 0 Å². The quantitative estimate of drug-likeness (QED) is 0.460. The van der Waals surface area contributed by atoms with Crippen LogP contribution in [0.3, 0.4) is 0 Å². The molecule has 0 spiro atoms. The van der Waals surface area contributed by atoms with Crippen molar-refractivity contribution < 1.29 is 14.4 Å². The molecule has 15 nitrogen and oxygen atoms in total. The minimum absolute atomic E-state index is 0.0406. The van der Waals surface area contributed by atoms with Crippen molar-refractivity contribution in [1.29, 1.82) is 0 Å². The molecule has 15 heteroatoms. The lowest BCUT2D eigenvalue weighted by Gasteiger charge is -2.42. The van der Waals surface area contributed by atoms with Crippen LogP contribution in [-0.2, 0) is 27.6 Å². The first kappa shape index (κ1) is 24.9. The summed E-state index contributed by atoms with van der Waals surface area (Å²) in [7, 11) is 4.89. The van der Waals surface area contributed by atoms with E-state index in [2.05, 4.69) is 30.9 Å². The molecule has 1 saturated heterocycles. The Labute approximate surface area is 207 Å². The SMILES string of the molecule is CCc1nnn(C)c1C(=O)N1CN(C(=O)c2c(C)nnn2C)CN(C(=O)c2c(C(C)C)nnn2C)C1. The highest BCUT2D eigenvalue weighted by molar-refractivity contribution is 5.98. The lowest BCUT2D eigenvalue weighted by Crippen LogP contribution is -2.60. The highest BCUT2D eigenvalue weighted by Gasteiger charge is 2.38. The second-order valence-electron chi connectivity index (χ2n) is 9.07. The Kier molecular flexibility index (Phi) is 6.56.